The number of allylic oxidation sites excluding steroid dienone is 4. The summed E-state index contributed by atoms with van der Waals surface area (Å²) in [5.74, 6) is 1.16. The molecule has 5 nitrogen and oxygen atoms in total. The van der Waals surface area contributed by atoms with E-state index in [9.17, 15) is 9.59 Å². The average Bonchev–Trinajstić information content (AvgIpc) is 2.72. The van der Waals surface area contributed by atoms with Gasteiger partial charge in [-0.3, -0.25) is 9.59 Å². The summed E-state index contributed by atoms with van der Waals surface area (Å²) < 4.78 is 0. The second-order valence-electron chi connectivity index (χ2n) is 10.9. The van der Waals surface area contributed by atoms with Gasteiger partial charge in [-0.2, -0.15) is 0 Å². The number of carbonyl (C=O) groups excluding carboxylic acids is 2. The van der Waals surface area contributed by atoms with Crippen LogP contribution in [0.4, 0.5) is 0 Å². The lowest BCUT2D eigenvalue weighted by atomic mass is 9.68. The number of amides is 2. The highest BCUT2D eigenvalue weighted by molar-refractivity contribution is 6.29. The van der Waals surface area contributed by atoms with Gasteiger partial charge in [-0.25, -0.2) is 0 Å². The van der Waals surface area contributed by atoms with Crippen molar-refractivity contribution in [1.29, 1.82) is 0 Å². The van der Waals surface area contributed by atoms with Crippen molar-refractivity contribution in [3.05, 3.63) is 22.8 Å². The molecule has 1 aliphatic heterocycles. The standard InChI is InChI=1S/C26H41ClN2O2.CH4.H2O/c1-18(2)24(28-23(30)16-19-8-6-5-7-9-19)25(31)29-15-14-22(26(3,4)17-29)20-10-12-21(27)13-11-20;;/h10,12,18-19,22,24H,5-9,11,13-17H2,1-4H3,(H,28,30);1H4;1H2/t22-,24-;;/m1../s1. The molecule has 3 aliphatic rings. The highest BCUT2D eigenvalue weighted by Gasteiger charge is 2.41. The van der Waals surface area contributed by atoms with Crippen LogP contribution in [0.15, 0.2) is 22.8 Å². The van der Waals surface area contributed by atoms with Crippen molar-refractivity contribution in [2.75, 3.05) is 13.1 Å². The Balaban J connectivity index is 0.00000272. The number of halogens is 1. The number of hydrogen-bond acceptors (Lipinski definition) is 2. The average molecular weight is 483 g/mol. The maximum absolute atomic E-state index is 13.5. The number of hydrogen-bond donors (Lipinski definition) is 1. The molecule has 2 fully saturated rings. The van der Waals surface area contributed by atoms with Crippen LogP contribution in [0.1, 0.15) is 92.9 Å². The van der Waals surface area contributed by atoms with Gasteiger partial charge < -0.3 is 15.7 Å². The SMILES string of the molecule is C.CC(C)[C@@H](NC(=O)CC1CCCCC1)C(=O)N1CC[C@H](C2=CC=C(Cl)CC2)C(C)(C)C1.O. The van der Waals surface area contributed by atoms with E-state index in [1.165, 1.54) is 24.8 Å². The second-order valence-corrected chi connectivity index (χ2v) is 11.4. The molecule has 2 amide bonds. The van der Waals surface area contributed by atoms with Gasteiger partial charge in [0.2, 0.25) is 11.8 Å². The van der Waals surface area contributed by atoms with Crippen molar-refractivity contribution in [3.63, 3.8) is 0 Å². The van der Waals surface area contributed by atoms with Gasteiger partial charge in [0.25, 0.3) is 0 Å². The molecule has 3 rings (SSSR count). The highest BCUT2D eigenvalue weighted by atomic mass is 35.5. The molecule has 1 saturated carbocycles. The summed E-state index contributed by atoms with van der Waals surface area (Å²) in [7, 11) is 0. The van der Waals surface area contributed by atoms with Crippen molar-refractivity contribution >= 4 is 23.4 Å². The van der Waals surface area contributed by atoms with Gasteiger partial charge in [0.15, 0.2) is 0 Å². The summed E-state index contributed by atoms with van der Waals surface area (Å²) >= 11 is 6.15. The largest absolute Gasteiger partial charge is 0.412 e. The molecule has 33 heavy (non-hydrogen) atoms. The third-order valence-electron chi connectivity index (χ3n) is 7.57. The molecule has 0 bridgehead atoms. The molecule has 6 heteroatoms. The Morgan fingerprint density at radius 3 is 2.33 bits per heavy atom. The quantitative estimate of drug-likeness (QED) is 0.532. The van der Waals surface area contributed by atoms with Crippen LogP contribution in [0, 0.1) is 23.2 Å². The lowest BCUT2D eigenvalue weighted by Crippen LogP contribution is -2.56. The first-order valence-electron chi connectivity index (χ1n) is 12.3. The number of rotatable bonds is 6. The molecule has 0 spiro atoms. The molecule has 190 valence electrons. The molecule has 0 aromatic rings. The van der Waals surface area contributed by atoms with E-state index < -0.39 is 6.04 Å². The fourth-order valence-electron chi connectivity index (χ4n) is 5.75. The molecule has 1 saturated heterocycles. The first-order valence-corrected chi connectivity index (χ1v) is 12.7. The van der Waals surface area contributed by atoms with Gasteiger partial charge >= 0.3 is 0 Å². The Labute approximate surface area is 206 Å². The second kappa shape index (κ2) is 12.9. The molecule has 2 aliphatic carbocycles. The zero-order valence-electron chi connectivity index (χ0n) is 20.4. The predicted molar refractivity (Wildman–Crippen MR) is 138 cm³/mol. The Morgan fingerprint density at radius 1 is 1.12 bits per heavy atom. The molecule has 3 N–H and O–H groups in total. The van der Waals surface area contributed by atoms with Gasteiger partial charge in [-0.15, -0.1) is 0 Å². The topological polar surface area (TPSA) is 80.9 Å². The molecule has 1 heterocycles. The maximum atomic E-state index is 13.5. The number of nitrogens with zero attached hydrogens (tertiary/aromatic N) is 1. The van der Waals surface area contributed by atoms with E-state index in [2.05, 4.69) is 25.2 Å². The number of carbonyl (C=O) groups is 2. The fraction of sp³-hybridized carbons (Fsp3) is 0.778. The van der Waals surface area contributed by atoms with Gasteiger partial charge in [-0.1, -0.05) is 77.6 Å². The zero-order chi connectivity index (χ0) is 22.6. The van der Waals surface area contributed by atoms with Crippen LogP contribution in [0.25, 0.3) is 0 Å². The maximum Gasteiger partial charge on any atom is 0.245 e. The van der Waals surface area contributed by atoms with Crippen LogP contribution in [-0.2, 0) is 9.59 Å². The Bertz CT molecular complexity index is 723. The van der Waals surface area contributed by atoms with Crippen molar-refractivity contribution in [2.45, 2.75) is 99.0 Å². The van der Waals surface area contributed by atoms with Gasteiger partial charge in [0.05, 0.1) is 0 Å². The third kappa shape index (κ3) is 7.85. The molecule has 0 radical (unpaired) electrons. The molecule has 0 unspecified atom stereocenters. The summed E-state index contributed by atoms with van der Waals surface area (Å²) in [5, 5.41) is 4.03. The van der Waals surface area contributed by atoms with Crippen LogP contribution in [-0.4, -0.2) is 41.3 Å². The molecular formula is C27H47ClN2O3. The summed E-state index contributed by atoms with van der Waals surface area (Å²) in [6.07, 6.45) is 13.7. The van der Waals surface area contributed by atoms with Crippen LogP contribution in [0.3, 0.4) is 0 Å². The summed E-state index contributed by atoms with van der Waals surface area (Å²) in [6.45, 7) is 10.1. The summed E-state index contributed by atoms with van der Waals surface area (Å²) in [5.41, 5.74) is 1.47. The minimum atomic E-state index is -0.431. The van der Waals surface area contributed by atoms with Crippen molar-refractivity contribution in [1.82, 2.24) is 10.2 Å². The molecule has 0 aromatic carbocycles. The van der Waals surface area contributed by atoms with Crippen molar-refractivity contribution in [3.8, 4) is 0 Å². The van der Waals surface area contributed by atoms with Gasteiger partial charge in [-0.05, 0) is 61.3 Å². The minimum absolute atomic E-state index is 0. The fourth-order valence-corrected chi connectivity index (χ4v) is 5.90. The summed E-state index contributed by atoms with van der Waals surface area (Å²) in [4.78, 5) is 28.2. The smallest absolute Gasteiger partial charge is 0.245 e. The van der Waals surface area contributed by atoms with E-state index in [4.69, 9.17) is 11.6 Å². The van der Waals surface area contributed by atoms with Crippen LogP contribution < -0.4 is 5.32 Å². The summed E-state index contributed by atoms with van der Waals surface area (Å²) in [6, 6.07) is -0.431. The monoisotopic (exact) mass is 482 g/mol. The van der Waals surface area contributed by atoms with Crippen molar-refractivity contribution < 1.29 is 15.1 Å². The van der Waals surface area contributed by atoms with Crippen LogP contribution in [0.5, 0.6) is 0 Å². The van der Waals surface area contributed by atoms with Crippen molar-refractivity contribution in [2.24, 2.45) is 23.2 Å². The van der Waals surface area contributed by atoms with E-state index in [1.807, 2.05) is 24.8 Å². The lowest BCUT2D eigenvalue weighted by Gasteiger charge is -2.46. The Morgan fingerprint density at radius 2 is 1.79 bits per heavy atom. The highest BCUT2D eigenvalue weighted by Crippen LogP contribution is 2.43. The predicted octanol–water partition coefficient (Wildman–Crippen LogP) is 5.63. The Hall–Kier alpha value is -1.33. The van der Waals surface area contributed by atoms with E-state index in [-0.39, 0.29) is 36.1 Å². The van der Waals surface area contributed by atoms with E-state index in [1.54, 1.807) is 0 Å². The normalized spacial score (nSPS) is 24.1. The molecular weight excluding hydrogens is 436 g/mol. The zero-order valence-corrected chi connectivity index (χ0v) is 21.1. The van der Waals surface area contributed by atoms with Crippen LogP contribution in [0.2, 0.25) is 0 Å². The van der Waals surface area contributed by atoms with E-state index >= 15 is 0 Å². The lowest BCUT2D eigenvalue weighted by molar-refractivity contribution is -0.141. The van der Waals surface area contributed by atoms with Gasteiger partial charge in [0.1, 0.15) is 6.04 Å². The molecule has 0 aromatic heterocycles. The number of nitrogens with one attached hydrogen (secondary N) is 1. The first-order chi connectivity index (χ1) is 14.7. The Kier molecular flexibility index (Phi) is 11.7. The van der Waals surface area contributed by atoms with E-state index in [0.29, 0.717) is 18.3 Å². The first kappa shape index (κ1) is 29.7. The minimum Gasteiger partial charge on any atom is -0.412 e. The van der Waals surface area contributed by atoms with E-state index in [0.717, 1.165) is 50.2 Å². The van der Waals surface area contributed by atoms with Gasteiger partial charge in [0, 0.05) is 24.5 Å². The molecule has 2 atom stereocenters. The van der Waals surface area contributed by atoms with Crippen LogP contribution >= 0.6 is 11.6 Å². The number of piperidine rings is 1. The third-order valence-corrected chi connectivity index (χ3v) is 7.88. The number of likely N-dealkylation sites (tertiary alicyclic amines) is 1.